The first-order chi connectivity index (χ1) is 15.1. The van der Waals surface area contributed by atoms with Gasteiger partial charge >= 0.3 is 5.97 Å². The van der Waals surface area contributed by atoms with Crippen LogP contribution in [0.4, 0.5) is 10.1 Å². The molecule has 1 aromatic heterocycles. The van der Waals surface area contributed by atoms with E-state index in [1.165, 1.54) is 6.07 Å². The van der Waals surface area contributed by atoms with Crippen LogP contribution in [0.1, 0.15) is 34.8 Å². The minimum atomic E-state index is -0.684. The minimum absolute atomic E-state index is 0.0512. The van der Waals surface area contributed by atoms with Gasteiger partial charge in [-0.15, -0.1) is 0 Å². The maximum atomic E-state index is 15.0. The predicted octanol–water partition coefficient (Wildman–Crippen LogP) is 3.24. The standard InChI is InChI=1S/C24H24FN3O3/c25-20-12-18-21(13-22(20)27-10-8-26-9-11-27)28(17-6-7-17)14-19(23(18)29)24(30)31-15-16-4-2-1-3-5-16/h1-5,12-14,17,26H,6-11,15H2. The van der Waals surface area contributed by atoms with Crippen LogP contribution >= 0.6 is 0 Å². The van der Waals surface area contributed by atoms with Gasteiger partial charge in [-0.25, -0.2) is 9.18 Å². The third-order valence-electron chi connectivity index (χ3n) is 5.93. The monoisotopic (exact) mass is 421 g/mol. The van der Waals surface area contributed by atoms with Crippen LogP contribution in [0.25, 0.3) is 10.9 Å². The van der Waals surface area contributed by atoms with Crippen molar-refractivity contribution in [1.82, 2.24) is 9.88 Å². The van der Waals surface area contributed by atoms with E-state index in [-0.39, 0.29) is 23.6 Å². The minimum Gasteiger partial charge on any atom is -0.457 e. The van der Waals surface area contributed by atoms with Gasteiger partial charge in [-0.3, -0.25) is 4.79 Å². The van der Waals surface area contributed by atoms with Crippen molar-refractivity contribution >= 4 is 22.6 Å². The van der Waals surface area contributed by atoms with Crippen LogP contribution in [0.2, 0.25) is 0 Å². The zero-order chi connectivity index (χ0) is 21.4. The number of hydrogen-bond donors (Lipinski definition) is 1. The highest BCUT2D eigenvalue weighted by molar-refractivity contribution is 5.94. The van der Waals surface area contributed by atoms with Gasteiger partial charge in [0.15, 0.2) is 0 Å². The number of carbonyl (C=O) groups is 1. The normalized spacial score (nSPS) is 16.5. The maximum absolute atomic E-state index is 15.0. The molecule has 1 saturated heterocycles. The van der Waals surface area contributed by atoms with Crippen molar-refractivity contribution in [3.63, 3.8) is 0 Å². The molecule has 1 N–H and O–H groups in total. The molecule has 3 aromatic rings. The van der Waals surface area contributed by atoms with E-state index in [0.717, 1.165) is 31.5 Å². The number of ether oxygens (including phenoxy) is 1. The van der Waals surface area contributed by atoms with Crippen LogP contribution in [0.3, 0.4) is 0 Å². The first-order valence-corrected chi connectivity index (χ1v) is 10.7. The van der Waals surface area contributed by atoms with Crippen LogP contribution in [0.15, 0.2) is 53.5 Å². The van der Waals surface area contributed by atoms with Gasteiger partial charge in [0.2, 0.25) is 5.43 Å². The van der Waals surface area contributed by atoms with E-state index >= 15 is 4.39 Å². The van der Waals surface area contributed by atoms with E-state index in [0.29, 0.717) is 24.3 Å². The van der Waals surface area contributed by atoms with Gasteiger partial charge in [0, 0.05) is 43.8 Å². The van der Waals surface area contributed by atoms with E-state index in [9.17, 15) is 9.59 Å². The molecule has 1 saturated carbocycles. The highest BCUT2D eigenvalue weighted by Gasteiger charge is 2.28. The van der Waals surface area contributed by atoms with Gasteiger partial charge in [0.25, 0.3) is 0 Å². The molecular formula is C24H24FN3O3. The molecule has 160 valence electrons. The Labute approximate surface area is 179 Å². The van der Waals surface area contributed by atoms with Gasteiger partial charge in [-0.1, -0.05) is 30.3 Å². The number of halogens is 1. The Morgan fingerprint density at radius 1 is 1.13 bits per heavy atom. The summed E-state index contributed by atoms with van der Waals surface area (Å²) in [6.07, 6.45) is 3.53. The molecule has 0 unspecified atom stereocenters. The Balaban J connectivity index is 1.53. The predicted molar refractivity (Wildman–Crippen MR) is 117 cm³/mol. The average molecular weight is 421 g/mol. The molecule has 5 rings (SSSR count). The van der Waals surface area contributed by atoms with Crippen molar-refractivity contribution in [3.8, 4) is 0 Å². The largest absolute Gasteiger partial charge is 0.457 e. The fourth-order valence-electron chi connectivity index (χ4n) is 4.11. The van der Waals surface area contributed by atoms with E-state index in [1.807, 2.05) is 39.8 Å². The number of hydrogen-bond acceptors (Lipinski definition) is 5. The molecular weight excluding hydrogens is 397 g/mol. The molecule has 7 heteroatoms. The first kappa shape index (κ1) is 19.8. The molecule has 0 atom stereocenters. The molecule has 2 heterocycles. The highest BCUT2D eigenvalue weighted by Crippen LogP contribution is 2.38. The van der Waals surface area contributed by atoms with E-state index in [1.54, 1.807) is 12.3 Å². The van der Waals surface area contributed by atoms with Crippen LogP contribution in [0.5, 0.6) is 0 Å². The van der Waals surface area contributed by atoms with Gasteiger partial charge in [-0.2, -0.15) is 0 Å². The average Bonchev–Trinajstić information content (AvgIpc) is 3.64. The molecule has 0 bridgehead atoms. The number of anilines is 1. The van der Waals surface area contributed by atoms with Gasteiger partial charge in [-0.05, 0) is 30.5 Å². The lowest BCUT2D eigenvalue weighted by Crippen LogP contribution is -2.43. The summed E-state index contributed by atoms with van der Waals surface area (Å²) in [6, 6.07) is 12.6. The zero-order valence-electron chi connectivity index (χ0n) is 17.1. The number of nitrogens with zero attached hydrogens (tertiary/aromatic N) is 2. The van der Waals surface area contributed by atoms with Crippen LogP contribution in [0, 0.1) is 5.82 Å². The summed E-state index contributed by atoms with van der Waals surface area (Å²) >= 11 is 0. The smallest absolute Gasteiger partial charge is 0.343 e. The lowest BCUT2D eigenvalue weighted by atomic mass is 10.1. The number of benzene rings is 2. The SMILES string of the molecule is O=C(OCc1ccccc1)c1cn(C2CC2)c2cc(N3CCNCC3)c(F)cc2c1=O. The lowest BCUT2D eigenvalue weighted by molar-refractivity contribution is 0.0470. The van der Waals surface area contributed by atoms with Crippen molar-refractivity contribution < 1.29 is 13.9 Å². The molecule has 6 nitrogen and oxygen atoms in total. The number of piperazine rings is 1. The second-order valence-electron chi connectivity index (χ2n) is 8.13. The van der Waals surface area contributed by atoms with Crippen molar-refractivity contribution in [3.05, 3.63) is 75.8 Å². The fourth-order valence-corrected chi connectivity index (χ4v) is 4.11. The molecule has 1 aliphatic heterocycles. The molecule has 0 spiro atoms. The number of fused-ring (bicyclic) bond motifs is 1. The van der Waals surface area contributed by atoms with E-state index in [4.69, 9.17) is 4.74 Å². The second kappa shape index (κ2) is 8.15. The molecule has 0 amide bonds. The summed E-state index contributed by atoms with van der Waals surface area (Å²) < 4.78 is 22.3. The topological polar surface area (TPSA) is 63.6 Å². The Morgan fingerprint density at radius 2 is 1.87 bits per heavy atom. The Hall–Kier alpha value is -3.19. The zero-order valence-corrected chi connectivity index (χ0v) is 17.1. The summed E-state index contributed by atoms with van der Waals surface area (Å²) in [5, 5.41) is 3.48. The number of rotatable bonds is 5. The number of pyridine rings is 1. The highest BCUT2D eigenvalue weighted by atomic mass is 19.1. The summed E-state index contributed by atoms with van der Waals surface area (Å²) in [5.74, 6) is -1.12. The van der Waals surface area contributed by atoms with Crippen molar-refractivity contribution in [2.45, 2.75) is 25.5 Å². The number of aromatic nitrogens is 1. The van der Waals surface area contributed by atoms with E-state index in [2.05, 4.69) is 5.32 Å². The van der Waals surface area contributed by atoms with Crippen molar-refractivity contribution in [1.29, 1.82) is 0 Å². The van der Waals surface area contributed by atoms with Crippen molar-refractivity contribution in [2.75, 3.05) is 31.1 Å². The molecule has 2 aliphatic rings. The van der Waals surface area contributed by atoms with Gasteiger partial charge < -0.3 is 19.5 Å². The lowest BCUT2D eigenvalue weighted by Gasteiger charge is -2.30. The summed E-state index contributed by atoms with van der Waals surface area (Å²) in [7, 11) is 0. The fraction of sp³-hybridized carbons (Fsp3) is 0.333. The Kier molecular flexibility index (Phi) is 5.19. The van der Waals surface area contributed by atoms with Crippen LogP contribution in [-0.2, 0) is 11.3 Å². The maximum Gasteiger partial charge on any atom is 0.343 e. The molecule has 2 aromatic carbocycles. The molecule has 31 heavy (non-hydrogen) atoms. The van der Waals surface area contributed by atoms with Crippen LogP contribution in [-0.4, -0.2) is 36.7 Å². The summed E-state index contributed by atoms with van der Waals surface area (Å²) in [6.45, 7) is 3.08. The quantitative estimate of drug-likeness (QED) is 0.641. The van der Waals surface area contributed by atoms with Crippen LogP contribution < -0.4 is 15.6 Å². The Morgan fingerprint density at radius 3 is 2.58 bits per heavy atom. The molecule has 0 radical (unpaired) electrons. The third-order valence-corrected chi connectivity index (χ3v) is 5.93. The first-order valence-electron chi connectivity index (χ1n) is 10.7. The number of esters is 1. The second-order valence-corrected chi connectivity index (χ2v) is 8.13. The molecule has 2 fully saturated rings. The number of nitrogens with one attached hydrogen (secondary N) is 1. The van der Waals surface area contributed by atoms with Crippen molar-refractivity contribution in [2.24, 2.45) is 0 Å². The summed E-state index contributed by atoms with van der Waals surface area (Å²) in [4.78, 5) is 27.8. The number of carbonyl (C=O) groups excluding carboxylic acids is 1. The van der Waals surface area contributed by atoms with Gasteiger partial charge in [0.05, 0.1) is 11.2 Å². The third kappa shape index (κ3) is 3.93. The Bertz CT molecular complexity index is 1180. The summed E-state index contributed by atoms with van der Waals surface area (Å²) in [5.41, 5.74) is 1.47. The van der Waals surface area contributed by atoms with E-state index < -0.39 is 17.2 Å². The van der Waals surface area contributed by atoms with Gasteiger partial charge in [0.1, 0.15) is 18.0 Å². The molecule has 1 aliphatic carbocycles.